The summed E-state index contributed by atoms with van der Waals surface area (Å²) in [4.78, 5) is 24.3. The van der Waals surface area contributed by atoms with E-state index >= 15 is 0 Å². The van der Waals surface area contributed by atoms with Gasteiger partial charge in [0.05, 0.1) is 6.54 Å². The standard InChI is InChI=1S/C15H16N2O3/c18-13-8-9-16(14-7-4-10-20-14)15(19)17(13)11-12-5-2-1-3-6-12/h1-3,5-6,8-9,14H,4,7,10-11H2. The van der Waals surface area contributed by atoms with Gasteiger partial charge in [0.1, 0.15) is 6.23 Å². The highest BCUT2D eigenvalue weighted by atomic mass is 16.5. The molecule has 0 amide bonds. The van der Waals surface area contributed by atoms with E-state index in [4.69, 9.17) is 4.74 Å². The highest BCUT2D eigenvalue weighted by Gasteiger charge is 2.19. The fourth-order valence-electron chi connectivity index (χ4n) is 2.44. The second-order valence-corrected chi connectivity index (χ2v) is 4.88. The number of ether oxygens (including phenoxy) is 1. The van der Waals surface area contributed by atoms with Crippen LogP contribution in [0.5, 0.6) is 0 Å². The van der Waals surface area contributed by atoms with Gasteiger partial charge in [0.25, 0.3) is 5.56 Å². The minimum Gasteiger partial charge on any atom is -0.358 e. The quantitative estimate of drug-likeness (QED) is 0.848. The lowest BCUT2D eigenvalue weighted by Crippen LogP contribution is -2.40. The van der Waals surface area contributed by atoms with E-state index in [2.05, 4.69) is 0 Å². The van der Waals surface area contributed by atoms with Crippen molar-refractivity contribution in [3.63, 3.8) is 0 Å². The summed E-state index contributed by atoms with van der Waals surface area (Å²) < 4.78 is 8.27. The molecule has 20 heavy (non-hydrogen) atoms. The van der Waals surface area contributed by atoms with Gasteiger partial charge in [-0.2, -0.15) is 0 Å². The van der Waals surface area contributed by atoms with Gasteiger partial charge in [-0.25, -0.2) is 4.79 Å². The smallest absolute Gasteiger partial charge is 0.333 e. The molecule has 2 aromatic rings. The van der Waals surface area contributed by atoms with Crippen LogP contribution >= 0.6 is 0 Å². The van der Waals surface area contributed by atoms with Crippen LogP contribution in [-0.4, -0.2) is 15.7 Å². The van der Waals surface area contributed by atoms with Crippen LogP contribution in [0.3, 0.4) is 0 Å². The van der Waals surface area contributed by atoms with Crippen molar-refractivity contribution in [3.05, 3.63) is 69.0 Å². The first kappa shape index (κ1) is 12.9. The van der Waals surface area contributed by atoms with E-state index in [1.165, 1.54) is 21.4 Å². The van der Waals surface area contributed by atoms with Crippen LogP contribution in [0.2, 0.25) is 0 Å². The lowest BCUT2D eigenvalue weighted by atomic mass is 10.2. The van der Waals surface area contributed by atoms with E-state index in [0.717, 1.165) is 18.4 Å². The van der Waals surface area contributed by atoms with Gasteiger partial charge in [0.2, 0.25) is 0 Å². The largest absolute Gasteiger partial charge is 0.358 e. The zero-order valence-electron chi connectivity index (χ0n) is 11.1. The van der Waals surface area contributed by atoms with Gasteiger partial charge < -0.3 is 4.74 Å². The molecule has 5 heteroatoms. The number of aromatic nitrogens is 2. The fraction of sp³-hybridized carbons (Fsp3) is 0.333. The van der Waals surface area contributed by atoms with Gasteiger partial charge >= 0.3 is 5.69 Å². The molecule has 1 unspecified atom stereocenters. The normalized spacial score (nSPS) is 18.3. The molecule has 2 heterocycles. The molecule has 1 fully saturated rings. The summed E-state index contributed by atoms with van der Waals surface area (Å²) in [5.41, 5.74) is 0.332. The van der Waals surface area contributed by atoms with Crippen molar-refractivity contribution >= 4 is 0 Å². The molecule has 1 aliphatic rings. The summed E-state index contributed by atoms with van der Waals surface area (Å²) in [6.45, 7) is 0.945. The summed E-state index contributed by atoms with van der Waals surface area (Å²) in [5.74, 6) is 0. The van der Waals surface area contributed by atoms with Crippen LogP contribution in [0, 0.1) is 0 Å². The Hall–Kier alpha value is -2.14. The first-order chi connectivity index (χ1) is 9.75. The van der Waals surface area contributed by atoms with Crippen LogP contribution in [0.1, 0.15) is 24.6 Å². The molecular formula is C15H16N2O3. The summed E-state index contributed by atoms with van der Waals surface area (Å²) >= 11 is 0. The lowest BCUT2D eigenvalue weighted by molar-refractivity contribution is 0.0514. The van der Waals surface area contributed by atoms with Crippen molar-refractivity contribution in [3.8, 4) is 0 Å². The Morgan fingerprint density at radius 1 is 1.15 bits per heavy atom. The van der Waals surface area contributed by atoms with E-state index in [-0.39, 0.29) is 24.0 Å². The van der Waals surface area contributed by atoms with Gasteiger partial charge in [-0.15, -0.1) is 0 Å². The summed E-state index contributed by atoms with van der Waals surface area (Å²) in [7, 11) is 0. The average molecular weight is 272 g/mol. The maximum Gasteiger partial charge on any atom is 0.333 e. The Labute approximate surface area is 116 Å². The molecule has 0 bridgehead atoms. The number of nitrogens with zero attached hydrogens (tertiary/aromatic N) is 2. The molecule has 1 atom stereocenters. The summed E-state index contributed by atoms with van der Waals surface area (Å²) in [5, 5.41) is 0. The lowest BCUT2D eigenvalue weighted by Gasteiger charge is -2.15. The average Bonchev–Trinajstić information content (AvgIpc) is 2.98. The van der Waals surface area contributed by atoms with Gasteiger partial charge in [0.15, 0.2) is 0 Å². The Balaban J connectivity index is 2.00. The summed E-state index contributed by atoms with van der Waals surface area (Å²) in [6, 6.07) is 10.9. The Morgan fingerprint density at radius 2 is 1.95 bits per heavy atom. The molecule has 0 saturated carbocycles. The molecule has 1 aromatic carbocycles. The monoisotopic (exact) mass is 272 g/mol. The third-order valence-electron chi connectivity index (χ3n) is 3.49. The molecule has 0 radical (unpaired) electrons. The highest BCUT2D eigenvalue weighted by molar-refractivity contribution is 5.15. The molecular weight excluding hydrogens is 256 g/mol. The number of hydrogen-bond acceptors (Lipinski definition) is 3. The maximum atomic E-state index is 12.4. The number of benzene rings is 1. The van der Waals surface area contributed by atoms with Crippen LogP contribution < -0.4 is 11.2 Å². The molecule has 3 rings (SSSR count). The van der Waals surface area contributed by atoms with Crippen molar-refractivity contribution in [2.24, 2.45) is 0 Å². The topological polar surface area (TPSA) is 53.2 Å². The minimum atomic E-state index is -0.312. The van der Waals surface area contributed by atoms with Crippen LogP contribution in [0.15, 0.2) is 52.2 Å². The van der Waals surface area contributed by atoms with Crippen LogP contribution in [-0.2, 0) is 11.3 Å². The SMILES string of the molecule is O=c1ccn(C2CCCO2)c(=O)n1Cc1ccccc1. The molecule has 1 aliphatic heterocycles. The minimum absolute atomic E-state index is 0.245. The van der Waals surface area contributed by atoms with Gasteiger partial charge in [-0.1, -0.05) is 30.3 Å². The van der Waals surface area contributed by atoms with Crippen molar-refractivity contribution in [2.75, 3.05) is 6.61 Å². The fourth-order valence-corrected chi connectivity index (χ4v) is 2.44. The molecule has 0 aliphatic carbocycles. The maximum absolute atomic E-state index is 12.4. The molecule has 104 valence electrons. The predicted octanol–water partition coefficient (Wildman–Crippen LogP) is 1.37. The molecule has 0 N–H and O–H groups in total. The predicted molar refractivity (Wildman–Crippen MR) is 74.7 cm³/mol. The Bertz CT molecular complexity index is 697. The van der Waals surface area contributed by atoms with Crippen LogP contribution in [0.25, 0.3) is 0 Å². The van der Waals surface area contributed by atoms with Gasteiger partial charge in [-0.05, 0) is 18.4 Å². The van der Waals surface area contributed by atoms with E-state index in [1.54, 1.807) is 0 Å². The van der Waals surface area contributed by atoms with E-state index in [9.17, 15) is 9.59 Å². The van der Waals surface area contributed by atoms with Crippen molar-refractivity contribution in [2.45, 2.75) is 25.6 Å². The zero-order chi connectivity index (χ0) is 13.9. The number of hydrogen-bond donors (Lipinski definition) is 0. The van der Waals surface area contributed by atoms with E-state index < -0.39 is 0 Å². The summed E-state index contributed by atoms with van der Waals surface area (Å²) in [6.07, 6.45) is 3.03. The second kappa shape index (κ2) is 5.46. The van der Waals surface area contributed by atoms with E-state index in [1.807, 2.05) is 30.3 Å². The Kier molecular flexibility index (Phi) is 3.52. The number of rotatable bonds is 3. The zero-order valence-corrected chi connectivity index (χ0v) is 11.1. The first-order valence-electron chi connectivity index (χ1n) is 6.73. The second-order valence-electron chi connectivity index (χ2n) is 4.88. The van der Waals surface area contributed by atoms with Gasteiger partial charge in [-0.3, -0.25) is 13.9 Å². The first-order valence-corrected chi connectivity index (χ1v) is 6.73. The molecule has 0 spiro atoms. The third-order valence-corrected chi connectivity index (χ3v) is 3.49. The van der Waals surface area contributed by atoms with Crippen molar-refractivity contribution in [1.29, 1.82) is 0 Å². The van der Waals surface area contributed by atoms with E-state index in [0.29, 0.717) is 6.61 Å². The Morgan fingerprint density at radius 3 is 2.65 bits per heavy atom. The van der Waals surface area contributed by atoms with Crippen LogP contribution in [0.4, 0.5) is 0 Å². The van der Waals surface area contributed by atoms with Crippen molar-refractivity contribution < 1.29 is 4.74 Å². The van der Waals surface area contributed by atoms with Crippen molar-refractivity contribution in [1.82, 2.24) is 9.13 Å². The highest BCUT2D eigenvalue weighted by Crippen LogP contribution is 2.20. The molecule has 1 aromatic heterocycles. The molecule has 1 saturated heterocycles. The third kappa shape index (κ3) is 2.44. The van der Waals surface area contributed by atoms with Gasteiger partial charge in [0, 0.05) is 18.9 Å². The molecule has 5 nitrogen and oxygen atoms in total.